The lowest BCUT2D eigenvalue weighted by molar-refractivity contribution is -0.148. The molecule has 0 amide bonds. The Bertz CT molecular complexity index is 1220. The third-order valence-electron chi connectivity index (χ3n) is 5.71. The van der Waals surface area contributed by atoms with Crippen molar-refractivity contribution in [2.75, 3.05) is 18.9 Å². The number of nitrogen functional groups attached to an aromatic ring is 1. The van der Waals surface area contributed by atoms with E-state index in [1.54, 1.807) is 20.8 Å². The number of carbonyl (C=O) groups excluding carboxylic acids is 1. The molecule has 2 aromatic rings. The van der Waals surface area contributed by atoms with Gasteiger partial charge in [-0.1, -0.05) is 26.7 Å². The van der Waals surface area contributed by atoms with E-state index in [-0.39, 0.29) is 36.2 Å². The molecule has 1 unspecified atom stereocenters. The Morgan fingerprint density at radius 1 is 1.46 bits per heavy atom. The van der Waals surface area contributed by atoms with Gasteiger partial charge in [0.1, 0.15) is 30.5 Å². The first-order valence-corrected chi connectivity index (χ1v) is 13.2. The standard InChI is InChI=1S/C23H33ClN6O6P/c1-8-23(11-35-37(33)22(6,7)29-13(2)19(32)34-10-21(3,4)5)14(31)9-15(36-23)30-12-26-16-17(25)27-20(24)28-18(16)30/h1,12-15,29,31H,9-11H2,2-7H3,(H2,25,27,28)/q+1/t13-,14-,15+,23+/m0/s1. The molecule has 1 aliphatic heterocycles. The summed E-state index contributed by atoms with van der Waals surface area (Å²) >= 11 is 5.94. The average Bonchev–Trinajstić information content (AvgIpc) is 3.36. The van der Waals surface area contributed by atoms with Gasteiger partial charge in [0.25, 0.3) is 0 Å². The molecule has 0 radical (unpaired) electrons. The SMILES string of the molecule is C#C[C@]1(CO[P+](=O)C(C)(C)N[C@@H](C)C(=O)OCC(C)(C)C)O[C@@H](n2cnc3c(N)nc(Cl)nc32)C[C@@H]1O. The van der Waals surface area contributed by atoms with Gasteiger partial charge in [0, 0.05) is 20.3 Å². The van der Waals surface area contributed by atoms with Gasteiger partial charge < -0.3 is 20.3 Å². The highest BCUT2D eigenvalue weighted by Crippen LogP contribution is 2.43. The normalized spacial score (nSPS) is 23.6. The highest BCUT2D eigenvalue weighted by Gasteiger charge is 2.52. The highest BCUT2D eigenvalue weighted by atomic mass is 35.5. The number of terminal acetylenes is 1. The molecule has 0 saturated carbocycles. The van der Waals surface area contributed by atoms with Crippen LogP contribution in [0.2, 0.25) is 5.28 Å². The van der Waals surface area contributed by atoms with Gasteiger partial charge in [-0.2, -0.15) is 9.97 Å². The maximum atomic E-state index is 13.1. The molecule has 3 rings (SSSR count). The molecule has 37 heavy (non-hydrogen) atoms. The maximum absolute atomic E-state index is 13.1. The molecule has 5 atom stereocenters. The van der Waals surface area contributed by atoms with Crippen LogP contribution in [0.4, 0.5) is 5.82 Å². The summed E-state index contributed by atoms with van der Waals surface area (Å²) in [6, 6.07) is -0.741. The number of halogens is 1. The first-order chi connectivity index (χ1) is 17.1. The van der Waals surface area contributed by atoms with Crippen molar-refractivity contribution in [1.29, 1.82) is 0 Å². The Morgan fingerprint density at radius 2 is 2.14 bits per heavy atom. The lowest BCUT2D eigenvalue weighted by atomic mass is 9.99. The van der Waals surface area contributed by atoms with E-state index in [0.29, 0.717) is 11.2 Å². The van der Waals surface area contributed by atoms with Crippen molar-refractivity contribution in [1.82, 2.24) is 24.8 Å². The molecule has 3 heterocycles. The van der Waals surface area contributed by atoms with Gasteiger partial charge in [-0.25, -0.2) is 4.98 Å². The fourth-order valence-electron chi connectivity index (χ4n) is 3.71. The van der Waals surface area contributed by atoms with Crippen LogP contribution in [0.15, 0.2) is 6.33 Å². The number of carbonyl (C=O) groups is 1. The topological polar surface area (TPSA) is 164 Å². The number of fused-ring (bicyclic) bond motifs is 1. The number of rotatable bonds is 9. The van der Waals surface area contributed by atoms with Crippen LogP contribution >= 0.6 is 19.6 Å². The van der Waals surface area contributed by atoms with Crippen LogP contribution in [0.1, 0.15) is 54.2 Å². The summed E-state index contributed by atoms with van der Waals surface area (Å²) in [7, 11) is -2.41. The third-order valence-corrected chi connectivity index (χ3v) is 7.28. The number of imidazole rings is 1. The predicted molar refractivity (Wildman–Crippen MR) is 138 cm³/mol. The highest BCUT2D eigenvalue weighted by molar-refractivity contribution is 7.41. The van der Waals surface area contributed by atoms with Crippen molar-refractivity contribution in [3.8, 4) is 12.3 Å². The Hall–Kier alpha value is -2.39. The van der Waals surface area contributed by atoms with Crippen LogP contribution in [0.25, 0.3) is 11.2 Å². The van der Waals surface area contributed by atoms with Gasteiger partial charge in [0.15, 0.2) is 17.1 Å². The minimum absolute atomic E-state index is 0.0694. The summed E-state index contributed by atoms with van der Waals surface area (Å²) in [5.41, 5.74) is 4.72. The van der Waals surface area contributed by atoms with Crippen molar-refractivity contribution in [2.45, 2.75) is 77.2 Å². The van der Waals surface area contributed by atoms with E-state index in [0.717, 1.165) is 0 Å². The zero-order chi connectivity index (χ0) is 27.8. The lowest BCUT2D eigenvalue weighted by Crippen LogP contribution is -2.48. The monoisotopic (exact) mass is 555 g/mol. The molecule has 14 heteroatoms. The average molecular weight is 556 g/mol. The fraction of sp³-hybridized carbons (Fsp3) is 0.652. The summed E-state index contributed by atoms with van der Waals surface area (Å²) in [6.07, 6.45) is 5.33. The van der Waals surface area contributed by atoms with Crippen molar-refractivity contribution < 1.29 is 28.5 Å². The lowest BCUT2D eigenvalue weighted by Gasteiger charge is -2.25. The molecule has 4 N–H and O–H groups in total. The number of aliphatic hydroxyl groups is 1. The number of nitrogens with two attached hydrogens (primary N) is 1. The molecule has 1 fully saturated rings. The van der Waals surface area contributed by atoms with Crippen molar-refractivity contribution >= 4 is 42.6 Å². The smallest absolute Gasteiger partial charge is 0.464 e. The number of anilines is 1. The zero-order valence-electron chi connectivity index (χ0n) is 21.7. The van der Waals surface area contributed by atoms with Crippen LogP contribution in [0.5, 0.6) is 0 Å². The van der Waals surface area contributed by atoms with Crippen LogP contribution in [0.3, 0.4) is 0 Å². The molecule has 2 aromatic heterocycles. The van der Waals surface area contributed by atoms with Crippen LogP contribution in [0, 0.1) is 17.8 Å². The number of esters is 1. The van der Waals surface area contributed by atoms with Crippen LogP contribution in [-0.4, -0.2) is 66.8 Å². The van der Waals surface area contributed by atoms with Crippen LogP contribution in [-0.2, 0) is 23.4 Å². The summed E-state index contributed by atoms with van der Waals surface area (Å²) in [5.74, 6) is 2.08. The number of ether oxygens (including phenoxy) is 2. The molecule has 0 bridgehead atoms. The van der Waals surface area contributed by atoms with E-state index in [1.165, 1.54) is 10.9 Å². The molecule has 1 aliphatic rings. The van der Waals surface area contributed by atoms with Crippen molar-refractivity contribution in [2.24, 2.45) is 5.41 Å². The van der Waals surface area contributed by atoms with Gasteiger partial charge in [0.2, 0.25) is 10.6 Å². The second kappa shape index (κ2) is 10.8. The Kier molecular flexibility index (Phi) is 8.49. The van der Waals surface area contributed by atoms with Gasteiger partial charge in [0.05, 0.1) is 12.9 Å². The van der Waals surface area contributed by atoms with E-state index in [4.69, 9.17) is 37.8 Å². The van der Waals surface area contributed by atoms with Gasteiger partial charge >= 0.3 is 14.0 Å². The summed E-state index contributed by atoms with van der Waals surface area (Å²) < 4.78 is 31.6. The van der Waals surface area contributed by atoms with Gasteiger partial charge in [-0.05, 0) is 28.5 Å². The zero-order valence-corrected chi connectivity index (χ0v) is 23.3. The number of nitrogens with zero attached hydrogens (tertiary/aromatic N) is 4. The molecule has 0 aromatic carbocycles. The molecular formula is C23H33ClN6O6P+. The van der Waals surface area contributed by atoms with Gasteiger partial charge in [-0.15, -0.1) is 10.9 Å². The molecular weight excluding hydrogens is 523 g/mol. The van der Waals surface area contributed by atoms with E-state index < -0.39 is 43.3 Å². The minimum atomic E-state index is -2.41. The summed E-state index contributed by atoms with van der Waals surface area (Å²) in [6.45, 7) is 10.6. The van der Waals surface area contributed by atoms with Crippen molar-refractivity contribution in [3.63, 3.8) is 0 Å². The Balaban J connectivity index is 1.67. The second-order valence-electron chi connectivity index (χ2n) is 10.7. The van der Waals surface area contributed by atoms with E-state index in [9.17, 15) is 14.5 Å². The summed E-state index contributed by atoms with van der Waals surface area (Å²) in [5, 5.41) is 12.6. The maximum Gasteiger partial charge on any atom is 0.530 e. The van der Waals surface area contributed by atoms with Crippen molar-refractivity contribution in [3.05, 3.63) is 11.6 Å². The number of nitrogens with one attached hydrogen (secondary N) is 1. The number of aromatic nitrogens is 4. The molecule has 0 spiro atoms. The van der Waals surface area contributed by atoms with Gasteiger partial charge in [-0.3, -0.25) is 14.7 Å². The van der Waals surface area contributed by atoms with E-state index in [1.807, 2.05) is 20.8 Å². The Labute approximate surface area is 221 Å². The summed E-state index contributed by atoms with van der Waals surface area (Å²) in [4.78, 5) is 24.6. The number of hydrogen-bond donors (Lipinski definition) is 3. The second-order valence-corrected chi connectivity index (χ2v) is 12.9. The predicted octanol–water partition coefficient (Wildman–Crippen LogP) is 2.78. The third kappa shape index (κ3) is 6.55. The first-order valence-electron chi connectivity index (χ1n) is 11.6. The minimum Gasteiger partial charge on any atom is -0.464 e. The largest absolute Gasteiger partial charge is 0.530 e. The first kappa shape index (κ1) is 29.2. The molecule has 202 valence electrons. The Morgan fingerprint density at radius 3 is 2.76 bits per heavy atom. The number of aliphatic hydroxyl groups excluding tert-OH is 1. The molecule has 0 aliphatic carbocycles. The number of hydrogen-bond acceptors (Lipinski definition) is 11. The fourth-order valence-corrected chi connectivity index (χ4v) is 4.82. The van der Waals surface area contributed by atoms with Crippen LogP contribution < -0.4 is 11.1 Å². The van der Waals surface area contributed by atoms with E-state index in [2.05, 4.69) is 26.2 Å². The van der Waals surface area contributed by atoms with E-state index >= 15 is 0 Å². The quantitative estimate of drug-likeness (QED) is 0.180. The molecule has 1 saturated heterocycles. The molecule has 12 nitrogen and oxygen atoms in total.